The Kier molecular flexibility index (Phi) is 1.84. The molecule has 0 bridgehead atoms. The Labute approximate surface area is 72.2 Å². The number of anilines is 1. The molecule has 64 valence electrons. The molecule has 2 rings (SSSR count). The first-order chi connectivity index (χ1) is 5.79. The summed E-state index contributed by atoms with van der Waals surface area (Å²) in [4.78, 5) is 0.584. The Balaban J connectivity index is 2.59. The molecular weight excluding hydrogens is 177 g/mol. The van der Waals surface area contributed by atoms with Crippen LogP contribution in [0.3, 0.4) is 0 Å². The fourth-order valence-corrected chi connectivity index (χ4v) is 2.38. The third kappa shape index (κ3) is 1.12. The first-order valence-corrected chi connectivity index (χ1v) is 5.01. The maximum Gasteiger partial charge on any atom is 0.147 e. The largest absolute Gasteiger partial charge is 0.381 e. The van der Waals surface area contributed by atoms with Crippen molar-refractivity contribution in [1.29, 1.82) is 0 Å². The summed E-state index contributed by atoms with van der Waals surface area (Å²) in [5, 5.41) is 2.89. The van der Waals surface area contributed by atoms with Crippen molar-refractivity contribution in [3.8, 4) is 0 Å². The average molecular weight is 185 g/mol. The van der Waals surface area contributed by atoms with Gasteiger partial charge >= 0.3 is 0 Å². The molecular formula is C8H8FNOS. The smallest absolute Gasteiger partial charge is 0.147 e. The van der Waals surface area contributed by atoms with E-state index in [9.17, 15) is 8.60 Å². The van der Waals surface area contributed by atoms with Crippen molar-refractivity contribution in [2.75, 3.05) is 17.6 Å². The molecule has 1 aliphatic rings. The number of rotatable bonds is 0. The van der Waals surface area contributed by atoms with Gasteiger partial charge in [0.2, 0.25) is 0 Å². The minimum absolute atomic E-state index is 0.319. The minimum atomic E-state index is -1.03. The molecule has 1 unspecified atom stereocenters. The van der Waals surface area contributed by atoms with Crippen molar-refractivity contribution in [3.05, 3.63) is 24.0 Å². The van der Waals surface area contributed by atoms with E-state index in [2.05, 4.69) is 5.32 Å². The lowest BCUT2D eigenvalue weighted by molar-refractivity contribution is 0.624. The van der Waals surface area contributed by atoms with Crippen molar-refractivity contribution >= 4 is 16.5 Å². The van der Waals surface area contributed by atoms with E-state index < -0.39 is 10.8 Å². The fraction of sp³-hybridized carbons (Fsp3) is 0.250. The van der Waals surface area contributed by atoms with E-state index >= 15 is 0 Å². The lowest BCUT2D eigenvalue weighted by Crippen LogP contribution is -2.19. The van der Waals surface area contributed by atoms with Gasteiger partial charge in [-0.3, -0.25) is 4.21 Å². The maximum absolute atomic E-state index is 13.0. The van der Waals surface area contributed by atoms with E-state index in [0.717, 1.165) is 0 Å². The van der Waals surface area contributed by atoms with Crippen molar-refractivity contribution < 1.29 is 8.60 Å². The van der Waals surface area contributed by atoms with Gasteiger partial charge in [0.25, 0.3) is 0 Å². The molecule has 0 saturated heterocycles. The summed E-state index contributed by atoms with van der Waals surface area (Å²) in [6.45, 7) is 0.584. The van der Waals surface area contributed by atoms with Crippen molar-refractivity contribution in [2.24, 2.45) is 0 Å². The third-order valence-corrected chi connectivity index (χ3v) is 3.22. The van der Waals surface area contributed by atoms with E-state index in [-0.39, 0.29) is 5.82 Å². The van der Waals surface area contributed by atoms with Crippen molar-refractivity contribution in [2.45, 2.75) is 4.90 Å². The standard InChI is InChI=1S/C8H8FNOS/c9-6-2-1-3-7-8(6)10-4-5-12(7)11/h1-3,10H,4-5H2. The normalized spacial score (nSPS) is 21.2. The van der Waals surface area contributed by atoms with Crippen molar-refractivity contribution in [1.82, 2.24) is 0 Å². The van der Waals surface area contributed by atoms with Gasteiger partial charge in [-0.25, -0.2) is 4.39 Å². The van der Waals surface area contributed by atoms with Gasteiger partial charge in [-0.1, -0.05) is 6.07 Å². The number of hydrogen-bond donors (Lipinski definition) is 1. The highest BCUT2D eigenvalue weighted by atomic mass is 32.2. The lowest BCUT2D eigenvalue weighted by Gasteiger charge is -2.17. The minimum Gasteiger partial charge on any atom is -0.381 e. The number of halogens is 1. The SMILES string of the molecule is O=S1CCNc2c(F)cccc21. The molecule has 4 heteroatoms. The number of fused-ring (bicyclic) bond motifs is 1. The molecule has 1 N–H and O–H groups in total. The fourth-order valence-electron chi connectivity index (χ4n) is 1.24. The molecule has 0 aliphatic carbocycles. The van der Waals surface area contributed by atoms with E-state index in [1.165, 1.54) is 6.07 Å². The van der Waals surface area contributed by atoms with E-state index in [1.807, 2.05) is 0 Å². The second-order valence-electron chi connectivity index (χ2n) is 2.59. The zero-order valence-corrected chi connectivity index (χ0v) is 7.16. The Morgan fingerprint density at radius 1 is 1.50 bits per heavy atom. The summed E-state index contributed by atoms with van der Waals surface area (Å²) < 4.78 is 24.4. The molecule has 1 atom stereocenters. The highest BCUT2D eigenvalue weighted by molar-refractivity contribution is 7.85. The number of para-hydroxylation sites is 1. The summed E-state index contributed by atoms with van der Waals surface area (Å²) >= 11 is 0. The Hall–Kier alpha value is -0.900. The Bertz CT molecular complexity index is 340. The molecule has 0 amide bonds. The van der Waals surface area contributed by atoms with Crippen LogP contribution in [0.25, 0.3) is 0 Å². The van der Waals surface area contributed by atoms with Gasteiger partial charge in [-0.2, -0.15) is 0 Å². The highest BCUT2D eigenvalue weighted by Crippen LogP contribution is 2.25. The highest BCUT2D eigenvalue weighted by Gasteiger charge is 2.17. The van der Waals surface area contributed by atoms with Gasteiger partial charge in [0.05, 0.1) is 21.4 Å². The van der Waals surface area contributed by atoms with Crippen molar-refractivity contribution in [3.63, 3.8) is 0 Å². The number of benzene rings is 1. The second kappa shape index (κ2) is 2.86. The summed E-state index contributed by atoms with van der Waals surface area (Å²) in [6.07, 6.45) is 0. The third-order valence-electron chi connectivity index (χ3n) is 1.81. The van der Waals surface area contributed by atoms with Crippen LogP contribution in [0.15, 0.2) is 23.1 Å². The monoisotopic (exact) mass is 185 g/mol. The molecule has 0 saturated carbocycles. The van der Waals surface area contributed by atoms with Crippen LogP contribution in [0.4, 0.5) is 10.1 Å². The molecule has 0 radical (unpaired) electrons. The zero-order chi connectivity index (χ0) is 8.55. The van der Waals surface area contributed by atoms with Crippen LogP contribution in [0.2, 0.25) is 0 Å². The first kappa shape index (κ1) is 7.73. The van der Waals surface area contributed by atoms with Gasteiger partial charge in [-0.05, 0) is 12.1 Å². The van der Waals surface area contributed by atoms with Gasteiger partial charge in [0, 0.05) is 12.3 Å². The van der Waals surface area contributed by atoms with Crippen LogP contribution in [0, 0.1) is 5.82 Å². The van der Waals surface area contributed by atoms with Gasteiger partial charge in [0.15, 0.2) is 0 Å². The molecule has 0 spiro atoms. The molecule has 12 heavy (non-hydrogen) atoms. The van der Waals surface area contributed by atoms with Gasteiger partial charge in [0.1, 0.15) is 5.82 Å². The maximum atomic E-state index is 13.0. The van der Waals surface area contributed by atoms with E-state index in [4.69, 9.17) is 0 Å². The summed E-state index contributed by atoms with van der Waals surface area (Å²) in [5.41, 5.74) is 0.405. The molecule has 1 aromatic rings. The van der Waals surface area contributed by atoms with Crippen LogP contribution in [0.5, 0.6) is 0 Å². The molecule has 1 aliphatic heterocycles. The zero-order valence-electron chi connectivity index (χ0n) is 6.34. The molecule has 1 heterocycles. The Morgan fingerprint density at radius 3 is 3.08 bits per heavy atom. The number of nitrogens with one attached hydrogen (secondary N) is 1. The van der Waals surface area contributed by atoms with Gasteiger partial charge < -0.3 is 5.32 Å². The summed E-state index contributed by atoms with van der Waals surface area (Å²) in [5.74, 6) is 0.247. The van der Waals surface area contributed by atoms with Crippen LogP contribution in [0.1, 0.15) is 0 Å². The first-order valence-electron chi connectivity index (χ1n) is 3.70. The van der Waals surface area contributed by atoms with Crippen LogP contribution in [-0.2, 0) is 10.8 Å². The van der Waals surface area contributed by atoms with Gasteiger partial charge in [-0.15, -0.1) is 0 Å². The predicted octanol–water partition coefficient (Wildman–Crippen LogP) is 1.36. The topological polar surface area (TPSA) is 29.1 Å². The predicted molar refractivity (Wildman–Crippen MR) is 46.2 cm³/mol. The van der Waals surface area contributed by atoms with Crippen LogP contribution >= 0.6 is 0 Å². The quantitative estimate of drug-likeness (QED) is 0.661. The molecule has 0 aromatic heterocycles. The summed E-state index contributed by atoms with van der Waals surface area (Å²) in [6, 6.07) is 4.65. The van der Waals surface area contributed by atoms with Crippen LogP contribution < -0.4 is 5.32 Å². The Morgan fingerprint density at radius 2 is 2.33 bits per heavy atom. The van der Waals surface area contributed by atoms with E-state index in [1.54, 1.807) is 12.1 Å². The lowest BCUT2D eigenvalue weighted by atomic mass is 10.3. The van der Waals surface area contributed by atoms with E-state index in [0.29, 0.717) is 22.9 Å². The molecule has 0 fully saturated rings. The second-order valence-corrected chi connectivity index (χ2v) is 4.13. The number of hydrogen-bond acceptors (Lipinski definition) is 2. The summed E-state index contributed by atoms with van der Waals surface area (Å²) in [7, 11) is -1.03. The molecule has 2 nitrogen and oxygen atoms in total. The average Bonchev–Trinajstić information content (AvgIpc) is 2.07. The molecule has 1 aromatic carbocycles. The van der Waals surface area contributed by atoms with Crippen LogP contribution in [-0.4, -0.2) is 16.5 Å².